The maximum absolute atomic E-state index is 13.5. The fourth-order valence-corrected chi connectivity index (χ4v) is 2.74. The monoisotopic (exact) mass is 416 g/mol. The zero-order valence-corrected chi connectivity index (χ0v) is 16.5. The Bertz CT molecular complexity index is 949. The highest BCUT2D eigenvalue weighted by Crippen LogP contribution is 2.35. The van der Waals surface area contributed by atoms with Gasteiger partial charge in [0.2, 0.25) is 5.95 Å². The van der Waals surface area contributed by atoms with Crippen molar-refractivity contribution in [3.8, 4) is 5.75 Å². The standard InChI is InChI=1S/C22H23F3N4O/c1-2-3-7-13-30-18-12-8-11-17(14-18)27-20-19(22(23,24)25)15-26-21(29-20)28-16-9-5-4-6-10-16/h4-6,8-12,14-15H,2-3,7,13H2,1H3,(H2,26,27,28,29). The second-order valence-corrected chi connectivity index (χ2v) is 6.65. The first-order valence-corrected chi connectivity index (χ1v) is 9.72. The van der Waals surface area contributed by atoms with Gasteiger partial charge >= 0.3 is 6.18 Å². The molecule has 5 nitrogen and oxygen atoms in total. The molecule has 2 N–H and O–H groups in total. The molecular weight excluding hydrogens is 393 g/mol. The molecule has 0 radical (unpaired) electrons. The van der Waals surface area contributed by atoms with Crippen LogP contribution < -0.4 is 15.4 Å². The SMILES string of the molecule is CCCCCOc1cccc(Nc2nc(Nc3ccccc3)ncc2C(F)(F)F)c1. The number of rotatable bonds is 9. The number of anilines is 4. The minimum absolute atomic E-state index is 0.0590. The summed E-state index contributed by atoms with van der Waals surface area (Å²) in [6.45, 7) is 2.66. The number of halogens is 3. The van der Waals surface area contributed by atoms with E-state index in [0.29, 0.717) is 23.7 Å². The van der Waals surface area contributed by atoms with E-state index in [0.717, 1.165) is 25.5 Å². The molecule has 0 aliphatic rings. The molecule has 0 atom stereocenters. The molecule has 0 saturated heterocycles. The predicted molar refractivity (Wildman–Crippen MR) is 112 cm³/mol. The van der Waals surface area contributed by atoms with Crippen LogP contribution in [0.5, 0.6) is 5.75 Å². The summed E-state index contributed by atoms with van der Waals surface area (Å²) in [4.78, 5) is 7.86. The molecule has 158 valence electrons. The zero-order chi connectivity index (χ0) is 21.4. The van der Waals surface area contributed by atoms with Gasteiger partial charge in [0.25, 0.3) is 0 Å². The summed E-state index contributed by atoms with van der Waals surface area (Å²) >= 11 is 0. The lowest BCUT2D eigenvalue weighted by molar-refractivity contribution is -0.137. The molecule has 0 unspecified atom stereocenters. The molecule has 8 heteroatoms. The van der Waals surface area contributed by atoms with Crippen LogP contribution in [0.15, 0.2) is 60.8 Å². The Kier molecular flexibility index (Phi) is 7.11. The average molecular weight is 416 g/mol. The van der Waals surface area contributed by atoms with E-state index in [-0.39, 0.29) is 11.8 Å². The van der Waals surface area contributed by atoms with Gasteiger partial charge in [-0.05, 0) is 30.7 Å². The van der Waals surface area contributed by atoms with Crippen molar-refractivity contribution < 1.29 is 17.9 Å². The highest BCUT2D eigenvalue weighted by atomic mass is 19.4. The Hall–Kier alpha value is -3.29. The maximum atomic E-state index is 13.5. The second-order valence-electron chi connectivity index (χ2n) is 6.65. The third-order valence-electron chi connectivity index (χ3n) is 4.24. The quantitative estimate of drug-likeness (QED) is 0.387. The lowest BCUT2D eigenvalue weighted by Crippen LogP contribution is -2.12. The Morgan fingerprint density at radius 1 is 0.933 bits per heavy atom. The predicted octanol–water partition coefficient (Wildman–Crippen LogP) is 6.55. The molecule has 0 amide bonds. The van der Waals surface area contributed by atoms with Crippen LogP contribution in [0.4, 0.5) is 36.3 Å². The van der Waals surface area contributed by atoms with Crippen molar-refractivity contribution in [2.24, 2.45) is 0 Å². The van der Waals surface area contributed by atoms with Gasteiger partial charge in [-0.3, -0.25) is 0 Å². The minimum Gasteiger partial charge on any atom is -0.494 e. The number of benzene rings is 2. The summed E-state index contributed by atoms with van der Waals surface area (Å²) in [7, 11) is 0. The van der Waals surface area contributed by atoms with Crippen molar-refractivity contribution >= 4 is 23.1 Å². The lowest BCUT2D eigenvalue weighted by atomic mass is 10.2. The van der Waals surface area contributed by atoms with Crippen LogP contribution in [-0.4, -0.2) is 16.6 Å². The summed E-state index contributed by atoms with van der Waals surface area (Å²) in [6, 6.07) is 15.8. The molecule has 3 rings (SSSR count). The Balaban J connectivity index is 1.81. The zero-order valence-electron chi connectivity index (χ0n) is 16.5. The lowest BCUT2D eigenvalue weighted by Gasteiger charge is -2.15. The number of hydrogen-bond acceptors (Lipinski definition) is 5. The van der Waals surface area contributed by atoms with E-state index in [1.807, 2.05) is 6.07 Å². The first-order chi connectivity index (χ1) is 14.5. The van der Waals surface area contributed by atoms with Gasteiger partial charge in [-0.15, -0.1) is 0 Å². The van der Waals surface area contributed by atoms with Crippen LogP contribution in [0.1, 0.15) is 31.7 Å². The van der Waals surface area contributed by atoms with Gasteiger partial charge in [-0.25, -0.2) is 4.98 Å². The number of hydrogen-bond donors (Lipinski definition) is 2. The van der Waals surface area contributed by atoms with Crippen molar-refractivity contribution in [1.82, 2.24) is 9.97 Å². The summed E-state index contributed by atoms with van der Waals surface area (Å²) < 4.78 is 46.1. The fourth-order valence-electron chi connectivity index (χ4n) is 2.74. The van der Waals surface area contributed by atoms with Crippen LogP contribution in [0.2, 0.25) is 0 Å². The molecule has 30 heavy (non-hydrogen) atoms. The van der Waals surface area contributed by atoms with Gasteiger partial charge in [-0.1, -0.05) is 44.0 Å². The topological polar surface area (TPSA) is 59.1 Å². The number of unbranched alkanes of at least 4 members (excludes halogenated alkanes) is 2. The van der Waals surface area contributed by atoms with E-state index in [2.05, 4.69) is 27.5 Å². The van der Waals surface area contributed by atoms with E-state index in [1.54, 1.807) is 48.5 Å². The van der Waals surface area contributed by atoms with Crippen LogP contribution in [0, 0.1) is 0 Å². The number of nitrogens with zero attached hydrogens (tertiary/aromatic N) is 2. The minimum atomic E-state index is -4.60. The Morgan fingerprint density at radius 2 is 1.70 bits per heavy atom. The molecule has 0 aliphatic carbocycles. The average Bonchev–Trinajstić information content (AvgIpc) is 2.72. The fraction of sp³-hybridized carbons (Fsp3) is 0.273. The van der Waals surface area contributed by atoms with E-state index in [1.165, 1.54) is 0 Å². The summed E-state index contributed by atoms with van der Waals surface area (Å²) in [5, 5.41) is 5.66. The van der Waals surface area contributed by atoms with E-state index in [9.17, 15) is 13.2 Å². The molecule has 1 heterocycles. The number of nitrogens with one attached hydrogen (secondary N) is 2. The van der Waals surface area contributed by atoms with Gasteiger partial charge in [0.1, 0.15) is 17.1 Å². The third-order valence-corrected chi connectivity index (χ3v) is 4.24. The van der Waals surface area contributed by atoms with Crippen LogP contribution in [0.25, 0.3) is 0 Å². The summed E-state index contributed by atoms with van der Waals surface area (Å²) in [5.74, 6) is 0.309. The molecule has 3 aromatic rings. The number of alkyl halides is 3. The van der Waals surface area contributed by atoms with Gasteiger partial charge in [-0.2, -0.15) is 18.2 Å². The maximum Gasteiger partial charge on any atom is 0.421 e. The molecular formula is C22H23F3N4O. The number of ether oxygens (including phenoxy) is 1. The molecule has 1 aromatic heterocycles. The first-order valence-electron chi connectivity index (χ1n) is 9.72. The molecule has 0 fully saturated rings. The van der Waals surface area contributed by atoms with Gasteiger partial charge in [0, 0.05) is 23.6 Å². The molecule has 0 saturated carbocycles. The van der Waals surface area contributed by atoms with Crippen molar-refractivity contribution in [1.29, 1.82) is 0 Å². The van der Waals surface area contributed by atoms with Gasteiger partial charge in [0.15, 0.2) is 0 Å². The first kappa shape index (κ1) is 21.4. The van der Waals surface area contributed by atoms with Gasteiger partial charge in [0.05, 0.1) is 6.61 Å². The van der Waals surface area contributed by atoms with Crippen molar-refractivity contribution in [2.75, 3.05) is 17.2 Å². The van der Waals surface area contributed by atoms with Crippen molar-refractivity contribution in [2.45, 2.75) is 32.4 Å². The van der Waals surface area contributed by atoms with E-state index >= 15 is 0 Å². The van der Waals surface area contributed by atoms with E-state index < -0.39 is 11.7 Å². The normalized spacial score (nSPS) is 11.2. The Labute approximate surface area is 173 Å². The summed E-state index contributed by atoms with van der Waals surface area (Å²) in [6.07, 6.45) is -0.760. The molecule has 0 aliphatic heterocycles. The Morgan fingerprint density at radius 3 is 2.43 bits per heavy atom. The van der Waals surface area contributed by atoms with Crippen LogP contribution in [0.3, 0.4) is 0 Å². The van der Waals surface area contributed by atoms with Crippen molar-refractivity contribution in [3.63, 3.8) is 0 Å². The number of aromatic nitrogens is 2. The number of para-hydroxylation sites is 1. The third kappa shape index (κ3) is 6.10. The molecule has 2 aromatic carbocycles. The van der Waals surface area contributed by atoms with Gasteiger partial charge < -0.3 is 15.4 Å². The summed E-state index contributed by atoms with van der Waals surface area (Å²) in [5.41, 5.74) is 0.166. The smallest absolute Gasteiger partial charge is 0.421 e. The highest BCUT2D eigenvalue weighted by molar-refractivity contribution is 5.63. The van der Waals surface area contributed by atoms with Crippen LogP contribution >= 0.6 is 0 Å². The molecule has 0 bridgehead atoms. The van der Waals surface area contributed by atoms with E-state index in [4.69, 9.17) is 4.74 Å². The van der Waals surface area contributed by atoms with Crippen molar-refractivity contribution in [3.05, 3.63) is 66.4 Å². The largest absolute Gasteiger partial charge is 0.494 e. The molecule has 0 spiro atoms. The van der Waals surface area contributed by atoms with Crippen LogP contribution in [-0.2, 0) is 6.18 Å². The highest BCUT2D eigenvalue weighted by Gasteiger charge is 2.35. The second kappa shape index (κ2) is 9.96.